The number of hydrogen-bond acceptors (Lipinski definition) is 5. The van der Waals surface area contributed by atoms with E-state index in [-0.39, 0.29) is 12.3 Å². The van der Waals surface area contributed by atoms with E-state index < -0.39 is 5.95 Å². The molecule has 0 saturated carbocycles. The zero-order valence-corrected chi connectivity index (χ0v) is 11.5. The number of nitrogens with one attached hydrogen (secondary N) is 1. The third-order valence-corrected chi connectivity index (χ3v) is 3.39. The standard InChI is InChI=1S/C10H8BrFN4OS/c11-8-4-13-9(12)1-6(8)2-10(17)14-3-7-5-18-16-15-7/h1,4-5H,2-3H2,(H,14,17). The highest BCUT2D eigenvalue weighted by Crippen LogP contribution is 2.16. The van der Waals surface area contributed by atoms with Crippen molar-refractivity contribution in [3.63, 3.8) is 0 Å². The molecule has 0 bridgehead atoms. The molecular weight excluding hydrogens is 323 g/mol. The van der Waals surface area contributed by atoms with Crippen LogP contribution >= 0.6 is 27.5 Å². The van der Waals surface area contributed by atoms with Crippen LogP contribution in [0.25, 0.3) is 0 Å². The van der Waals surface area contributed by atoms with Crippen LogP contribution in [-0.4, -0.2) is 20.5 Å². The number of carbonyl (C=O) groups is 1. The minimum absolute atomic E-state index is 0.0809. The molecule has 0 fully saturated rings. The molecule has 1 amide bonds. The third-order valence-electron chi connectivity index (χ3n) is 2.12. The highest BCUT2D eigenvalue weighted by molar-refractivity contribution is 9.10. The van der Waals surface area contributed by atoms with Gasteiger partial charge in [-0.1, -0.05) is 4.49 Å². The molecule has 0 atom stereocenters. The van der Waals surface area contributed by atoms with Crippen LogP contribution in [0.4, 0.5) is 4.39 Å². The average molecular weight is 331 g/mol. The summed E-state index contributed by atoms with van der Waals surface area (Å²) in [6.07, 6.45) is 1.42. The Balaban J connectivity index is 1.92. The van der Waals surface area contributed by atoms with Crippen molar-refractivity contribution in [3.8, 4) is 0 Å². The van der Waals surface area contributed by atoms with E-state index in [1.54, 1.807) is 5.38 Å². The van der Waals surface area contributed by atoms with Gasteiger partial charge in [0, 0.05) is 16.0 Å². The monoisotopic (exact) mass is 330 g/mol. The van der Waals surface area contributed by atoms with E-state index in [9.17, 15) is 9.18 Å². The number of hydrogen-bond donors (Lipinski definition) is 1. The molecule has 2 aromatic rings. The fraction of sp³-hybridized carbons (Fsp3) is 0.200. The van der Waals surface area contributed by atoms with Gasteiger partial charge in [0.25, 0.3) is 0 Å². The third kappa shape index (κ3) is 3.54. The van der Waals surface area contributed by atoms with Crippen LogP contribution in [0.3, 0.4) is 0 Å². The zero-order valence-electron chi connectivity index (χ0n) is 9.06. The molecule has 94 valence electrons. The molecule has 5 nitrogen and oxygen atoms in total. The maximum absolute atomic E-state index is 12.9. The molecule has 0 spiro atoms. The smallest absolute Gasteiger partial charge is 0.224 e. The van der Waals surface area contributed by atoms with Crippen LogP contribution in [0.15, 0.2) is 22.1 Å². The van der Waals surface area contributed by atoms with E-state index in [2.05, 4.69) is 35.8 Å². The Morgan fingerprint density at radius 2 is 2.39 bits per heavy atom. The molecule has 0 aliphatic carbocycles. The summed E-state index contributed by atoms with van der Waals surface area (Å²) in [5, 5.41) is 8.24. The Morgan fingerprint density at radius 1 is 1.56 bits per heavy atom. The molecule has 2 aromatic heterocycles. The van der Waals surface area contributed by atoms with Crippen molar-refractivity contribution in [1.29, 1.82) is 0 Å². The van der Waals surface area contributed by atoms with Crippen LogP contribution in [-0.2, 0) is 17.8 Å². The molecule has 0 saturated heterocycles. The van der Waals surface area contributed by atoms with E-state index in [1.807, 2.05) is 0 Å². The van der Waals surface area contributed by atoms with Gasteiger partial charge in [0.1, 0.15) is 0 Å². The minimum Gasteiger partial charge on any atom is -0.350 e. The van der Waals surface area contributed by atoms with E-state index >= 15 is 0 Å². The lowest BCUT2D eigenvalue weighted by atomic mass is 10.2. The molecule has 8 heteroatoms. The molecular formula is C10H8BrFN4OS. The number of pyridine rings is 1. The molecule has 0 radical (unpaired) electrons. The normalized spacial score (nSPS) is 10.3. The Bertz CT molecular complexity index is 549. The number of amides is 1. The van der Waals surface area contributed by atoms with E-state index in [0.717, 1.165) is 0 Å². The largest absolute Gasteiger partial charge is 0.350 e. The van der Waals surface area contributed by atoms with E-state index in [1.165, 1.54) is 23.8 Å². The van der Waals surface area contributed by atoms with E-state index in [4.69, 9.17) is 0 Å². The zero-order chi connectivity index (χ0) is 13.0. The van der Waals surface area contributed by atoms with Gasteiger partial charge < -0.3 is 5.32 Å². The maximum atomic E-state index is 12.9. The molecule has 0 aromatic carbocycles. The fourth-order valence-corrected chi connectivity index (χ4v) is 2.08. The second kappa shape index (κ2) is 5.96. The van der Waals surface area contributed by atoms with Crippen LogP contribution in [0.1, 0.15) is 11.3 Å². The van der Waals surface area contributed by atoms with Crippen molar-refractivity contribution >= 4 is 33.4 Å². The number of carbonyl (C=O) groups excluding carboxylic acids is 1. The lowest BCUT2D eigenvalue weighted by Gasteiger charge is -2.05. The first-order chi connectivity index (χ1) is 8.65. The van der Waals surface area contributed by atoms with Crippen molar-refractivity contribution in [3.05, 3.63) is 39.3 Å². The van der Waals surface area contributed by atoms with Gasteiger partial charge in [0.15, 0.2) is 0 Å². The van der Waals surface area contributed by atoms with Gasteiger partial charge in [-0.3, -0.25) is 4.79 Å². The van der Waals surface area contributed by atoms with Gasteiger partial charge in [-0.25, -0.2) is 4.98 Å². The molecule has 2 heterocycles. The second-order valence-corrected chi connectivity index (χ2v) is 4.91. The van der Waals surface area contributed by atoms with Crippen LogP contribution in [0.5, 0.6) is 0 Å². The molecule has 0 unspecified atom stereocenters. The van der Waals surface area contributed by atoms with E-state index in [0.29, 0.717) is 22.3 Å². The van der Waals surface area contributed by atoms with Gasteiger partial charge in [-0.15, -0.1) is 5.10 Å². The van der Waals surface area contributed by atoms with Crippen molar-refractivity contribution in [1.82, 2.24) is 19.9 Å². The second-order valence-electron chi connectivity index (χ2n) is 3.45. The Labute approximate surface area is 115 Å². The summed E-state index contributed by atoms with van der Waals surface area (Å²) >= 11 is 4.44. The molecule has 18 heavy (non-hydrogen) atoms. The topological polar surface area (TPSA) is 67.8 Å². The van der Waals surface area contributed by atoms with Crippen molar-refractivity contribution in [2.45, 2.75) is 13.0 Å². The number of rotatable bonds is 4. The molecule has 0 aliphatic rings. The summed E-state index contributed by atoms with van der Waals surface area (Å²) in [7, 11) is 0. The van der Waals surface area contributed by atoms with Gasteiger partial charge in [0.2, 0.25) is 11.9 Å². The fourth-order valence-electron chi connectivity index (χ4n) is 1.27. The molecule has 0 aliphatic heterocycles. The molecule has 1 N–H and O–H groups in total. The predicted octanol–water partition coefficient (Wildman–Crippen LogP) is 1.69. The summed E-state index contributed by atoms with van der Waals surface area (Å²) in [5.41, 5.74) is 1.25. The lowest BCUT2D eigenvalue weighted by Crippen LogP contribution is -2.25. The number of aromatic nitrogens is 3. The highest BCUT2D eigenvalue weighted by atomic mass is 79.9. The number of halogens is 2. The summed E-state index contributed by atoms with van der Waals surface area (Å²) in [4.78, 5) is 15.1. The first-order valence-corrected chi connectivity index (χ1v) is 6.60. The van der Waals surface area contributed by atoms with Crippen LogP contribution in [0.2, 0.25) is 0 Å². The van der Waals surface area contributed by atoms with Crippen molar-refractivity contribution < 1.29 is 9.18 Å². The maximum Gasteiger partial charge on any atom is 0.224 e. The van der Waals surface area contributed by atoms with Crippen molar-refractivity contribution in [2.75, 3.05) is 0 Å². The summed E-state index contributed by atoms with van der Waals surface area (Å²) in [6.45, 7) is 0.320. The Hall–Kier alpha value is -1.41. The summed E-state index contributed by atoms with van der Waals surface area (Å²) in [6, 6.07) is 1.23. The van der Waals surface area contributed by atoms with Crippen molar-refractivity contribution in [2.24, 2.45) is 0 Å². The Kier molecular flexibility index (Phi) is 4.32. The van der Waals surface area contributed by atoms with Gasteiger partial charge in [0.05, 0.1) is 18.7 Å². The lowest BCUT2D eigenvalue weighted by molar-refractivity contribution is -0.120. The van der Waals surface area contributed by atoms with Crippen LogP contribution < -0.4 is 5.32 Å². The van der Waals surface area contributed by atoms with Gasteiger partial charge in [-0.05, 0) is 39.1 Å². The van der Waals surface area contributed by atoms with Gasteiger partial charge in [-0.2, -0.15) is 4.39 Å². The Morgan fingerprint density at radius 3 is 3.11 bits per heavy atom. The summed E-state index contributed by atoms with van der Waals surface area (Å²) in [5.74, 6) is -0.820. The predicted molar refractivity (Wildman–Crippen MR) is 67.4 cm³/mol. The highest BCUT2D eigenvalue weighted by Gasteiger charge is 2.09. The quantitative estimate of drug-likeness (QED) is 0.866. The SMILES string of the molecule is O=C(Cc1cc(F)ncc1Br)NCc1csnn1. The minimum atomic E-state index is -0.607. The molecule has 2 rings (SSSR count). The number of nitrogens with zero attached hydrogens (tertiary/aromatic N) is 3. The van der Waals surface area contributed by atoms with Gasteiger partial charge >= 0.3 is 0 Å². The first-order valence-electron chi connectivity index (χ1n) is 4.97. The summed E-state index contributed by atoms with van der Waals surface area (Å²) < 4.78 is 17.2. The average Bonchev–Trinajstić information content (AvgIpc) is 2.84. The first kappa shape index (κ1) is 13.0. The van der Waals surface area contributed by atoms with Crippen LogP contribution in [0, 0.1) is 5.95 Å².